The van der Waals surface area contributed by atoms with Gasteiger partial charge in [-0.25, -0.2) is 0 Å². The molecule has 0 fully saturated rings. The van der Waals surface area contributed by atoms with E-state index in [0.29, 0.717) is 18.0 Å². The third-order valence-corrected chi connectivity index (χ3v) is 2.72. The summed E-state index contributed by atoms with van der Waals surface area (Å²) in [7, 11) is 0. The maximum Gasteiger partial charge on any atom is 0.146 e. The van der Waals surface area contributed by atoms with Crippen molar-refractivity contribution in [2.24, 2.45) is 0 Å². The highest BCUT2D eigenvalue weighted by atomic mass is 16.5. The van der Waals surface area contributed by atoms with E-state index in [1.807, 2.05) is 36.4 Å². The number of nitrogen functional groups attached to an aromatic ring is 1. The molecule has 0 bridgehead atoms. The van der Waals surface area contributed by atoms with Gasteiger partial charge in [0, 0.05) is 17.3 Å². The van der Waals surface area contributed by atoms with Crippen LogP contribution in [0.1, 0.15) is 5.76 Å². The third kappa shape index (κ3) is 1.88. The number of nitrogens with two attached hydrogens (primary N) is 1. The van der Waals surface area contributed by atoms with Gasteiger partial charge in [0.15, 0.2) is 0 Å². The summed E-state index contributed by atoms with van der Waals surface area (Å²) in [6.07, 6.45) is 3.35. The van der Waals surface area contributed by atoms with E-state index in [-0.39, 0.29) is 0 Å². The van der Waals surface area contributed by atoms with E-state index in [2.05, 4.69) is 4.98 Å². The van der Waals surface area contributed by atoms with E-state index in [1.54, 1.807) is 12.5 Å². The predicted molar refractivity (Wildman–Crippen MR) is 69.2 cm³/mol. The molecular weight excluding hydrogens is 228 g/mol. The highest BCUT2D eigenvalue weighted by Gasteiger charge is 2.06. The van der Waals surface area contributed by atoms with Crippen molar-refractivity contribution in [3.63, 3.8) is 0 Å². The first kappa shape index (κ1) is 10.7. The number of benzene rings is 1. The topological polar surface area (TPSA) is 61.3 Å². The lowest BCUT2D eigenvalue weighted by atomic mass is 10.2. The van der Waals surface area contributed by atoms with Crippen molar-refractivity contribution >= 4 is 16.6 Å². The molecule has 4 nitrogen and oxygen atoms in total. The molecule has 0 amide bonds. The van der Waals surface area contributed by atoms with Crippen LogP contribution in [0.4, 0.5) is 5.69 Å². The Balaban J connectivity index is 1.94. The lowest BCUT2D eigenvalue weighted by Gasteiger charge is -2.08. The quantitative estimate of drug-likeness (QED) is 0.715. The molecule has 0 radical (unpaired) electrons. The zero-order chi connectivity index (χ0) is 12.4. The molecule has 0 aliphatic rings. The third-order valence-electron chi connectivity index (χ3n) is 2.72. The zero-order valence-electron chi connectivity index (χ0n) is 9.67. The Morgan fingerprint density at radius 1 is 1.17 bits per heavy atom. The Bertz CT molecular complexity index is 663. The Morgan fingerprint density at radius 3 is 2.94 bits per heavy atom. The van der Waals surface area contributed by atoms with Crippen LogP contribution in [0.2, 0.25) is 0 Å². The molecule has 0 atom stereocenters. The van der Waals surface area contributed by atoms with E-state index >= 15 is 0 Å². The highest BCUT2D eigenvalue weighted by molar-refractivity contribution is 5.94. The molecule has 90 valence electrons. The van der Waals surface area contributed by atoms with E-state index < -0.39 is 0 Å². The molecule has 0 saturated heterocycles. The van der Waals surface area contributed by atoms with Gasteiger partial charge < -0.3 is 14.9 Å². The van der Waals surface area contributed by atoms with Crippen LogP contribution < -0.4 is 10.5 Å². The molecule has 3 aromatic rings. The molecule has 0 spiro atoms. The van der Waals surface area contributed by atoms with Crippen molar-refractivity contribution in [1.29, 1.82) is 0 Å². The average Bonchev–Trinajstić information content (AvgIpc) is 2.92. The monoisotopic (exact) mass is 240 g/mol. The minimum absolute atomic E-state index is 0.378. The number of rotatable bonds is 3. The van der Waals surface area contributed by atoms with Gasteiger partial charge in [-0.3, -0.25) is 4.98 Å². The molecule has 0 aliphatic carbocycles. The number of furan rings is 1. The fraction of sp³-hybridized carbons (Fsp3) is 0.0714. The van der Waals surface area contributed by atoms with Crippen LogP contribution >= 0.6 is 0 Å². The van der Waals surface area contributed by atoms with Gasteiger partial charge in [-0.05, 0) is 36.4 Å². The van der Waals surface area contributed by atoms with Gasteiger partial charge in [-0.1, -0.05) is 0 Å². The van der Waals surface area contributed by atoms with Gasteiger partial charge in [0.2, 0.25) is 0 Å². The van der Waals surface area contributed by atoms with Gasteiger partial charge in [-0.15, -0.1) is 0 Å². The molecular formula is C14H12N2O2. The molecule has 0 aliphatic heterocycles. The zero-order valence-corrected chi connectivity index (χ0v) is 9.67. The Hall–Kier alpha value is -2.49. The summed E-state index contributed by atoms with van der Waals surface area (Å²) in [5.74, 6) is 1.48. The highest BCUT2D eigenvalue weighted by Crippen LogP contribution is 2.28. The normalized spacial score (nSPS) is 10.7. The summed E-state index contributed by atoms with van der Waals surface area (Å²) in [6, 6.07) is 11.1. The van der Waals surface area contributed by atoms with Crippen LogP contribution in [-0.4, -0.2) is 4.98 Å². The molecule has 0 saturated carbocycles. The van der Waals surface area contributed by atoms with Gasteiger partial charge in [-0.2, -0.15) is 0 Å². The van der Waals surface area contributed by atoms with E-state index in [0.717, 1.165) is 16.7 Å². The number of ether oxygens (including phenoxy) is 1. The van der Waals surface area contributed by atoms with Crippen molar-refractivity contribution in [3.8, 4) is 5.75 Å². The van der Waals surface area contributed by atoms with Crippen LogP contribution in [0.15, 0.2) is 53.3 Å². The molecule has 2 N–H and O–H groups in total. The molecule has 4 heteroatoms. The summed E-state index contributed by atoms with van der Waals surface area (Å²) >= 11 is 0. The number of pyridine rings is 1. The minimum Gasteiger partial charge on any atom is -0.483 e. The number of fused-ring (bicyclic) bond motifs is 1. The second kappa shape index (κ2) is 4.41. The van der Waals surface area contributed by atoms with E-state index in [1.165, 1.54) is 0 Å². The summed E-state index contributed by atoms with van der Waals surface area (Å²) < 4.78 is 10.9. The van der Waals surface area contributed by atoms with Crippen molar-refractivity contribution in [1.82, 2.24) is 4.98 Å². The number of aromatic nitrogens is 1. The maximum absolute atomic E-state index is 5.90. The van der Waals surface area contributed by atoms with Crippen LogP contribution in [-0.2, 0) is 6.61 Å². The number of nitrogens with zero attached hydrogens (tertiary/aromatic N) is 1. The molecule has 0 unspecified atom stereocenters. The van der Waals surface area contributed by atoms with Crippen molar-refractivity contribution < 1.29 is 9.15 Å². The first-order valence-electron chi connectivity index (χ1n) is 5.63. The lowest BCUT2D eigenvalue weighted by molar-refractivity contribution is 0.273. The summed E-state index contributed by atoms with van der Waals surface area (Å²) in [4.78, 5) is 4.31. The van der Waals surface area contributed by atoms with Gasteiger partial charge in [0.25, 0.3) is 0 Å². The first-order chi connectivity index (χ1) is 8.84. The standard InChI is InChI=1S/C14H12N2O2/c15-12-5-6-13(14-11(12)4-1-7-16-14)18-9-10-3-2-8-17-10/h1-8H,9,15H2. The maximum atomic E-state index is 5.90. The Labute approximate surface area is 104 Å². The van der Waals surface area contributed by atoms with Crippen molar-refractivity contribution in [2.75, 3.05) is 5.73 Å². The fourth-order valence-corrected chi connectivity index (χ4v) is 1.83. The molecule has 1 aromatic carbocycles. The smallest absolute Gasteiger partial charge is 0.146 e. The Morgan fingerprint density at radius 2 is 2.11 bits per heavy atom. The summed E-state index contributed by atoms with van der Waals surface area (Å²) in [6.45, 7) is 0.378. The largest absolute Gasteiger partial charge is 0.483 e. The minimum atomic E-state index is 0.378. The molecule has 2 heterocycles. The summed E-state index contributed by atoms with van der Waals surface area (Å²) in [5.41, 5.74) is 7.37. The van der Waals surface area contributed by atoms with Crippen LogP contribution in [0.25, 0.3) is 10.9 Å². The first-order valence-corrected chi connectivity index (χ1v) is 5.63. The molecule has 18 heavy (non-hydrogen) atoms. The van der Waals surface area contributed by atoms with Gasteiger partial charge >= 0.3 is 0 Å². The van der Waals surface area contributed by atoms with Crippen LogP contribution in [0.3, 0.4) is 0 Å². The lowest BCUT2D eigenvalue weighted by Crippen LogP contribution is -1.97. The SMILES string of the molecule is Nc1ccc(OCc2ccco2)c2ncccc12. The second-order valence-corrected chi connectivity index (χ2v) is 3.92. The predicted octanol–water partition coefficient (Wildman–Crippen LogP) is 2.99. The number of anilines is 1. The number of hydrogen-bond acceptors (Lipinski definition) is 4. The van der Waals surface area contributed by atoms with Crippen molar-refractivity contribution in [3.05, 3.63) is 54.6 Å². The van der Waals surface area contributed by atoms with E-state index in [4.69, 9.17) is 14.9 Å². The van der Waals surface area contributed by atoms with Gasteiger partial charge in [0.05, 0.1) is 6.26 Å². The number of hydrogen-bond donors (Lipinski definition) is 1. The van der Waals surface area contributed by atoms with Crippen LogP contribution in [0, 0.1) is 0 Å². The van der Waals surface area contributed by atoms with E-state index in [9.17, 15) is 0 Å². The molecule has 2 aromatic heterocycles. The Kier molecular flexibility index (Phi) is 2.61. The fourth-order valence-electron chi connectivity index (χ4n) is 1.83. The second-order valence-electron chi connectivity index (χ2n) is 3.92. The van der Waals surface area contributed by atoms with Crippen LogP contribution in [0.5, 0.6) is 5.75 Å². The van der Waals surface area contributed by atoms with Gasteiger partial charge in [0.1, 0.15) is 23.6 Å². The summed E-state index contributed by atoms with van der Waals surface area (Å²) in [5, 5.41) is 0.898. The van der Waals surface area contributed by atoms with Crippen molar-refractivity contribution in [2.45, 2.75) is 6.61 Å². The average molecular weight is 240 g/mol. The molecule has 3 rings (SSSR count).